The second-order valence-corrected chi connectivity index (χ2v) is 6.98. The predicted octanol–water partition coefficient (Wildman–Crippen LogP) is 2.62. The third kappa shape index (κ3) is 3.34. The number of sulfonamides is 1. The number of primary sulfonamides is 1. The molecule has 0 saturated carbocycles. The summed E-state index contributed by atoms with van der Waals surface area (Å²) in [5, 5.41) is 10.5. The highest BCUT2D eigenvalue weighted by Crippen LogP contribution is 2.24. The van der Waals surface area contributed by atoms with Crippen molar-refractivity contribution < 1.29 is 8.42 Å². The number of hydrogen-bond acceptors (Lipinski definition) is 4. The lowest BCUT2D eigenvalue weighted by molar-refractivity contribution is 0.597. The van der Waals surface area contributed by atoms with E-state index in [1.807, 2.05) is 31.4 Å². The number of anilines is 1. The Morgan fingerprint density at radius 3 is 2.63 bits per heavy atom. The van der Waals surface area contributed by atoms with Crippen LogP contribution in [-0.2, 0) is 16.6 Å². The van der Waals surface area contributed by atoms with E-state index in [0.717, 1.165) is 16.8 Å². The fraction of sp³-hybridized carbons (Fsp3) is 0.231. The number of aryl methyl sites for hydroxylation is 1. The molecule has 102 valence electrons. The summed E-state index contributed by atoms with van der Waals surface area (Å²) in [6.07, 6.45) is 0. The van der Waals surface area contributed by atoms with Gasteiger partial charge >= 0.3 is 0 Å². The second kappa shape index (κ2) is 5.32. The third-order valence-electron chi connectivity index (χ3n) is 3.00. The minimum atomic E-state index is -3.67. The normalized spacial score (nSPS) is 11.5. The van der Waals surface area contributed by atoms with Gasteiger partial charge in [0.15, 0.2) is 0 Å². The van der Waals surface area contributed by atoms with E-state index in [-0.39, 0.29) is 4.90 Å². The average Bonchev–Trinajstić information content (AvgIpc) is 2.82. The average molecular weight is 296 g/mol. The quantitative estimate of drug-likeness (QED) is 0.911. The SMILES string of the molecule is Cc1cc(S(N)(=O)=O)cc(NCc2cccs2)c1C. The topological polar surface area (TPSA) is 72.2 Å². The molecule has 2 rings (SSSR count). The molecule has 0 bridgehead atoms. The second-order valence-electron chi connectivity index (χ2n) is 4.39. The molecule has 0 atom stereocenters. The van der Waals surface area contributed by atoms with E-state index in [1.54, 1.807) is 23.5 Å². The highest BCUT2D eigenvalue weighted by molar-refractivity contribution is 7.89. The zero-order chi connectivity index (χ0) is 14.0. The Balaban J connectivity index is 2.31. The van der Waals surface area contributed by atoms with Crippen LogP contribution in [-0.4, -0.2) is 8.42 Å². The van der Waals surface area contributed by atoms with Crippen LogP contribution in [0.2, 0.25) is 0 Å². The molecule has 0 amide bonds. The smallest absolute Gasteiger partial charge is 0.238 e. The zero-order valence-corrected chi connectivity index (χ0v) is 12.4. The van der Waals surface area contributed by atoms with Crippen molar-refractivity contribution in [2.75, 3.05) is 5.32 Å². The minimum absolute atomic E-state index is 0.143. The summed E-state index contributed by atoms with van der Waals surface area (Å²) >= 11 is 1.66. The van der Waals surface area contributed by atoms with Gasteiger partial charge in [0.1, 0.15) is 0 Å². The molecule has 0 aliphatic carbocycles. The minimum Gasteiger partial charge on any atom is -0.380 e. The van der Waals surface area contributed by atoms with Gasteiger partial charge in [-0.25, -0.2) is 13.6 Å². The first-order valence-corrected chi connectivity index (χ1v) is 8.21. The highest BCUT2D eigenvalue weighted by Gasteiger charge is 2.12. The summed E-state index contributed by atoms with van der Waals surface area (Å²) < 4.78 is 22.9. The maximum absolute atomic E-state index is 11.4. The van der Waals surface area contributed by atoms with Crippen molar-refractivity contribution in [3.05, 3.63) is 45.6 Å². The molecule has 0 unspecified atom stereocenters. The standard InChI is InChI=1S/C13H16N2O2S2/c1-9-6-12(19(14,16)17)7-13(10(9)2)15-8-11-4-3-5-18-11/h3-7,15H,8H2,1-2H3,(H2,14,16,17). The summed E-state index contributed by atoms with van der Waals surface area (Å²) in [7, 11) is -3.67. The van der Waals surface area contributed by atoms with E-state index in [1.165, 1.54) is 4.88 Å². The maximum Gasteiger partial charge on any atom is 0.238 e. The van der Waals surface area contributed by atoms with Crippen LogP contribution in [0.15, 0.2) is 34.5 Å². The van der Waals surface area contributed by atoms with Gasteiger partial charge in [0.05, 0.1) is 4.90 Å². The van der Waals surface area contributed by atoms with Gasteiger partial charge in [-0.3, -0.25) is 0 Å². The number of hydrogen-bond donors (Lipinski definition) is 2. The Hall–Kier alpha value is -1.37. The molecular weight excluding hydrogens is 280 g/mol. The van der Waals surface area contributed by atoms with Crippen LogP contribution >= 0.6 is 11.3 Å². The maximum atomic E-state index is 11.4. The van der Waals surface area contributed by atoms with Crippen molar-refractivity contribution in [1.29, 1.82) is 0 Å². The molecule has 1 aromatic carbocycles. The van der Waals surface area contributed by atoms with Crippen LogP contribution in [0, 0.1) is 13.8 Å². The number of nitrogens with two attached hydrogens (primary N) is 1. The fourth-order valence-corrected chi connectivity index (χ4v) is 3.04. The predicted molar refractivity (Wildman–Crippen MR) is 78.9 cm³/mol. The zero-order valence-electron chi connectivity index (χ0n) is 10.8. The lowest BCUT2D eigenvalue weighted by Gasteiger charge is -2.13. The summed E-state index contributed by atoms with van der Waals surface area (Å²) in [6, 6.07) is 7.20. The Morgan fingerprint density at radius 1 is 1.32 bits per heavy atom. The highest BCUT2D eigenvalue weighted by atomic mass is 32.2. The summed E-state index contributed by atoms with van der Waals surface area (Å²) in [4.78, 5) is 1.34. The Labute approximate surface area is 117 Å². The first-order chi connectivity index (χ1) is 8.88. The van der Waals surface area contributed by atoms with E-state index in [0.29, 0.717) is 6.54 Å². The molecule has 6 heteroatoms. The van der Waals surface area contributed by atoms with Crippen LogP contribution in [0.1, 0.15) is 16.0 Å². The Kier molecular flexibility index (Phi) is 3.93. The lowest BCUT2D eigenvalue weighted by Crippen LogP contribution is -2.13. The third-order valence-corrected chi connectivity index (χ3v) is 4.77. The van der Waals surface area contributed by atoms with Gasteiger partial charge in [-0.2, -0.15) is 0 Å². The molecular formula is C13H16N2O2S2. The van der Waals surface area contributed by atoms with Crippen LogP contribution < -0.4 is 10.5 Å². The fourth-order valence-electron chi connectivity index (χ4n) is 1.77. The largest absolute Gasteiger partial charge is 0.380 e. The van der Waals surface area contributed by atoms with Crippen molar-refractivity contribution in [3.8, 4) is 0 Å². The molecule has 1 aromatic heterocycles. The van der Waals surface area contributed by atoms with E-state index >= 15 is 0 Å². The molecule has 1 heterocycles. The molecule has 0 fully saturated rings. The molecule has 0 radical (unpaired) electrons. The number of nitrogens with one attached hydrogen (secondary N) is 1. The van der Waals surface area contributed by atoms with E-state index in [9.17, 15) is 8.42 Å². The molecule has 0 aliphatic heterocycles. The van der Waals surface area contributed by atoms with Crippen LogP contribution in [0.5, 0.6) is 0 Å². The van der Waals surface area contributed by atoms with E-state index < -0.39 is 10.0 Å². The molecule has 4 nitrogen and oxygen atoms in total. The van der Waals surface area contributed by atoms with Gasteiger partial charge in [0.25, 0.3) is 0 Å². The Morgan fingerprint density at radius 2 is 2.05 bits per heavy atom. The van der Waals surface area contributed by atoms with Crippen molar-refractivity contribution in [1.82, 2.24) is 0 Å². The number of benzene rings is 1. The molecule has 0 spiro atoms. The van der Waals surface area contributed by atoms with E-state index in [2.05, 4.69) is 5.32 Å². The molecule has 2 aromatic rings. The van der Waals surface area contributed by atoms with Gasteiger partial charge in [-0.1, -0.05) is 6.07 Å². The summed E-state index contributed by atoms with van der Waals surface area (Å²) in [5.74, 6) is 0. The van der Waals surface area contributed by atoms with Gasteiger partial charge in [0, 0.05) is 17.1 Å². The first-order valence-electron chi connectivity index (χ1n) is 5.78. The Bertz CT molecular complexity index is 677. The van der Waals surface area contributed by atoms with Crippen LogP contribution in [0.3, 0.4) is 0 Å². The summed E-state index contributed by atoms with van der Waals surface area (Å²) in [6.45, 7) is 4.51. The monoisotopic (exact) mass is 296 g/mol. The van der Waals surface area contributed by atoms with Crippen molar-refractivity contribution in [3.63, 3.8) is 0 Å². The van der Waals surface area contributed by atoms with Gasteiger partial charge in [0.2, 0.25) is 10.0 Å². The van der Waals surface area contributed by atoms with Crippen LogP contribution in [0.25, 0.3) is 0 Å². The first kappa shape index (κ1) is 14.0. The van der Waals surface area contributed by atoms with Crippen LogP contribution in [0.4, 0.5) is 5.69 Å². The lowest BCUT2D eigenvalue weighted by atomic mass is 10.1. The van der Waals surface area contributed by atoms with Gasteiger partial charge < -0.3 is 5.32 Å². The molecule has 19 heavy (non-hydrogen) atoms. The molecule has 3 N–H and O–H groups in total. The number of rotatable bonds is 4. The molecule has 0 aliphatic rings. The summed E-state index contributed by atoms with van der Waals surface area (Å²) in [5.41, 5.74) is 2.74. The molecule has 0 saturated heterocycles. The van der Waals surface area contributed by atoms with Gasteiger partial charge in [-0.15, -0.1) is 11.3 Å². The van der Waals surface area contributed by atoms with E-state index in [4.69, 9.17) is 5.14 Å². The van der Waals surface area contributed by atoms with Gasteiger partial charge in [-0.05, 0) is 48.6 Å². The van der Waals surface area contributed by atoms with Crippen molar-refractivity contribution in [2.24, 2.45) is 5.14 Å². The van der Waals surface area contributed by atoms with Crippen molar-refractivity contribution >= 4 is 27.0 Å². The number of thiophene rings is 1. The van der Waals surface area contributed by atoms with Crippen molar-refractivity contribution in [2.45, 2.75) is 25.3 Å².